The Hall–Kier alpha value is -2.72. The zero-order chi connectivity index (χ0) is 21.2. The third-order valence-electron chi connectivity index (χ3n) is 5.15. The van der Waals surface area contributed by atoms with Gasteiger partial charge in [0.2, 0.25) is 16.9 Å². The number of nitrogens with one attached hydrogen (secondary N) is 1. The monoisotopic (exact) mass is 454 g/mol. The fourth-order valence-corrected chi connectivity index (χ4v) is 5.54. The van der Waals surface area contributed by atoms with Gasteiger partial charge in [0.15, 0.2) is 10.8 Å². The van der Waals surface area contributed by atoms with E-state index in [9.17, 15) is 4.79 Å². The zero-order valence-corrected chi connectivity index (χ0v) is 18.7. The van der Waals surface area contributed by atoms with E-state index in [-0.39, 0.29) is 12.0 Å². The molecule has 1 aromatic carbocycles. The van der Waals surface area contributed by atoms with Gasteiger partial charge in [0.1, 0.15) is 6.10 Å². The Bertz CT molecular complexity index is 1230. The van der Waals surface area contributed by atoms with Crippen LogP contribution in [0.1, 0.15) is 45.4 Å². The summed E-state index contributed by atoms with van der Waals surface area (Å²) in [6, 6.07) is 9.72. The van der Waals surface area contributed by atoms with Crippen molar-refractivity contribution in [2.45, 2.75) is 61.6 Å². The number of ether oxygens (including phenoxy) is 1. The number of hydrogen-bond donors (Lipinski definition) is 1. The third-order valence-corrected chi connectivity index (χ3v) is 7.01. The number of benzene rings is 1. The summed E-state index contributed by atoms with van der Waals surface area (Å²) in [6.07, 6.45) is 7.39. The Kier molecular flexibility index (Phi) is 5.73. The first-order valence-corrected chi connectivity index (χ1v) is 12.0. The van der Waals surface area contributed by atoms with Gasteiger partial charge in [-0.15, -0.1) is 15.3 Å². The standard InChI is InChI=1S/C21H22N6O2S2/c1-13(28)22-20-23-16-9-8-15(12-17(16)31-20)30-21-25-24-18-10-11-19(26-27(18)21)29-14-6-4-2-3-5-7-14/h8-12,14H,2-7H2,1H3,(H,22,23,28). The van der Waals surface area contributed by atoms with Gasteiger partial charge in [-0.2, -0.15) is 4.52 Å². The van der Waals surface area contributed by atoms with Crippen molar-refractivity contribution in [1.82, 2.24) is 24.8 Å². The molecule has 1 amide bonds. The maximum atomic E-state index is 11.3. The van der Waals surface area contributed by atoms with E-state index < -0.39 is 0 Å². The summed E-state index contributed by atoms with van der Waals surface area (Å²) < 4.78 is 8.90. The lowest BCUT2D eigenvalue weighted by molar-refractivity contribution is -0.114. The van der Waals surface area contributed by atoms with Crippen LogP contribution >= 0.6 is 23.1 Å². The quantitative estimate of drug-likeness (QED) is 0.427. The predicted molar refractivity (Wildman–Crippen MR) is 121 cm³/mol. The highest BCUT2D eigenvalue weighted by Gasteiger charge is 2.16. The molecule has 0 radical (unpaired) electrons. The van der Waals surface area contributed by atoms with Crippen LogP contribution in [0, 0.1) is 0 Å². The summed E-state index contributed by atoms with van der Waals surface area (Å²) in [5, 5.41) is 17.2. The summed E-state index contributed by atoms with van der Waals surface area (Å²) in [4.78, 5) is 16.7. The van der Waals surface area contributed by atoms with E-state index in [2.05, 4.69) is 25.6 Å². The SMILES string of the molecule is CC(=O)Nc1nc2ccc(Sc3nnc4ccc(OC5CCCCCC5)nn34)cc2s1. The normalized spacial score (nSPS) is 15.3. The molecule has 31 heavy (non-hydrogen) atoms. The molecule has 1 N–H and O–H groups in total. The molecule has 4 aromatic rings. The van der Waals surface area contributed by atoms with Gasteiger partial charge < -0.3 is 10.1 Å². The Morgan fingerprint density at radius 3 is 2.81 bits per heavy atom. The topological polar surface area (TPSA) is 94.3 Å². The molecule has 0 saturated heterocycles. The second kappa shape index (κ2) is 8.80. The summed E-state index contributed by atoms with van der Waals surface area (Å²) in [5.74, 6) is 0.482. The molecule has 5 rings (SSSR count). The van der Waals surface area contributed by atoms with Gasteiger partial charge in [-0.3, -0.25) is 4.79 Å². The maximum Gasteiger partial charge on any atom is 0.232 e. The van der Waals surface area contributed by atoms with E-state index in [0.717, 1.165) is 28.0 Å². The minimum absolute atomic E-state index is 0.128. The average molecular weight is 455 g/mol. The van der Waals surface area contributed by atoms with Crippen molar-refractivity contribution in [2.24, 2.45) is 0 Å². The van der Waals surface area contributed by atoms with Crippen molar-refractivity contribution < 1.29 is 9.53 Å². The van der Waals surface area contributed by atoms with Crippen LogP contribution in [0.15, 0.2) is 40.4 Å². The second-order valence-corrected chi connectivity index (χ2v) is 9.66. The number of amides is 1. The largest absolute Gasteiger partial charge is 0.473 e. The number of nitrogens with zero attached hydrogens (tertiary/aromatic N) is 5. The first-order chi connectivity index (χ1) is 15.1. The molecule has 1 fully saturated rings. The Morgan fingerprint density at radius 1 is 1.16 bits per heavy atom. The van der Waals surface area contributed by atoms with Crippen molar-refractivity contribution in [2.75, 3.05) is 5.32 Å². The molecule has 1 saturated carbocycles. The molecule has 1 aliphatic rings. The van der Waals surface area contributed by atoms with Gasteiger partial charge in [-0.25, -0.2) is 4.98 Å². The summed E-state index contributed by atoms with van der Waals surface area (Å²) >= 11 is 2.93. The van der Waals surface area contributed by atoms with Crippen molar-refractivity contribution in [3.8, 4) is 5.88 Å². The predicted octanol–water partition coefficient (Wildman–Crippen LogP) is 4.95. The number of anilines is 1. The van der Waals surface area contributed by atoms with Crippen LogP contribution in [-0.4, -0.2) is 36.8 Å². The van der Waals surface area contributed by atoms with Gasteiger partial charge in [-0.05, 0) is 61.7 Å². The molecule has 160 valence electrons. The maximum absolute atomic E-state index is 11.3. The molecule has 0 spiro atoms. The summed E-state index contributed by atoms with van der Waals surface area (Å²) in [7, 11) is 0. The van der Waals surface area contributed by atoms with Gasteiger partial charge >= 0.3 is 0 Å². The van der Waals surface area contributed by atoms with Crippen molar-refractivity contribution in [3.05, 3.63) is 30.3 Å². The highest BCUT2D eigenvalue weighted by molar-refractivity contribution is 7.99. The van der Waals surface area contributed by atoms with Crippen LogP contribution in [0.3, 0.4) is 0 Å². The van der Waals surface area contributed by atoms with Crippen molar-refractivity contribution >= 4 is 50.0 Å². The van der Waals surface area contributed by atoms with E-state index in [4.69, 9.17) is 4.74 Å². The summed E-state index contributed by atoms with van der Waals surface area (Å²) in [6.45, 7) is 1.48. The summed E-state index contributed by atoms with van der Waals surface area (Å²) in [5.41, 5.74) is 1.53. The molecular formula is C21H22N6O2S2. The van der Waals surface area contributed by atoms with Crippen LogP contribution in [0.25, 0.3) is 15.9 Å². The van der Waals surface area contributed by atoms with E-state index in [1.807, 2.05) is 30.3 Å². The molecule has 8 nitrogen and oxygen atoms in total. The van der Waals surface area contributed by atoms with Gasteiger partial charge in [0.05, 0.1) is 10.2 Å². The van der Waals surface area contributed by atoms with Crippen molar-refractivity contribution in [3.63, 3.8) is 0 Å². The molecule has 3 aromatic heterocycles. The van der Waals surface area contributed by atoms with E-state index in [1.54, 1.807) is 4.52 Å². The van der Waals surface area contributed by atoms with Crippen molar-refractivity contribution in [1.29, 1.82) is 0 Å². The Morgan fingerprint density at radius 2 is 2.00 bits per heavy atom. The lowest BCUT2D eigenvalue weighted by atomic mass is 10.1. The molecule has 0 atom stereocenters. The fourth-order valence-electron chi connectivity index (χ4n) is 3.69. The first kappa shape index (κ1) is 20.2. The van der Waals surface area contributed by atoms with Gasteiger partial charge in [0, 0.05) is 17.9 Å². The number of aromatic nitrogens is 5. The van der Waals surface area contributed by atoms with E-state index in [0.29, 0.717) is 21.8 Å². The number of fused-ring (bicyclic) bond motifs is 2. The molecule has 0 aliphatic heterocycles. The van der Waals surface area contributed by atoms with Crippen LogP contribution < -0.4 is 10.1 Å². The first-order valence-electron chi connectivity index (χ1n) is 10.4. The van der Waals surface area contributed by atoms with Crippen LogP contribution in [0.4, 0.5) is 5.13 Å². The molecule has 10 heteroatoms. The van der Waals surface area contributed by atoms with E-state index >= 15 is 0 Å². The zero-order valence-electron chi connectivity index (χ0n) is 17.1. The fraction of sp³-hybridized carbons (Fsp3) is 0.381. The van der Waals surface area contributed by atoms with Gasteiger partial charge in [0.25, 0.3) is 0 Å². The lowest BCUT2D eigenvalue weighted by Gasteiger charge is -2.15. The Labute approximate surface area is 187 Å². The lowest BCUT2D eigenvalue weighted by Crippen LogP contribution is -2.16. The average Bonchev–Trinajstić information content (AvgIpc) is 3.22. The van der Waals surface area contributed by atoms with Crippen LogP contribution in [-0.2, 0) is 4.79 Å². The van der Waals surface area contributed by atoms with Crippen LogP contribution in [0.2, 0.25) is 0 Å². The molecule has 1 aliphatic carbocycles. The number of thiazole rings is 1. The molecule has 3 heterocycles. The molecule has 0 unspecified atom stereocenters. The third kappa shape index (κ3) is 4.64. The number of rotatable bonds is 5. The van der Waals surface area contributed by atoms with E-state index in [1.165, 1.54) is 55.7 Å². The molecule has 0 bridgehead atoms. The van der Waals surface area contributed by atoms with Crippen LogP contribution in [0.5, 0.6) is 5.88 Å². The smallest absolute Gasteiger partial charge is 0.232 e. The number of hydrogen-bond acceptors (Lipinski definition) is 8. The molecular weight excluding hydrogens is 432 g/mol. The highest BCUT2D eigenvalue weighted by Crippen LogP contribution is 2.33. The second-order valence-electron chi connectivity index (χ2n) is 7.59. The highest BCUT2D eigenvalue weighted by atomic mass is 32.2. The number of carbonyl (C=O) groups excluding carboxylic acids is 1. The number of carbonyl (C=O) groups is 1. The minimum Gasteiger partial charge on any atom is -0.473 e. The minimum atomic E-state index is -0.128. The Balaban J connectivity index is 1.37. The van der Waals surface area contributed by atoms with Gasteiger partial charge in [-0.1, -0.05) is 24.2 Å².